The second-order valence-corrected chi connectivity index (χ2v) is 5.10. The summed E-state index contributed by atoms with van der Waals surface area (Å²) in [5, 5.41) is 0. The highest BCUT2D eigenvalue weighted by atomic mass is 16.1. The predicted molar refractivity (Wildman–Crippen MR) is 75.9 cm³/mol. The van der Waals surface area contributed by atoms with Crippen LogP contribution in [0.4, 0.5) is 0 Å². The van der Waals surface area contributed by atoms with Gasteiger partial charge in [-0.1, -0.05) is 50.1 Å². The Kier molecular flexibility index (Phi) is 4.74. The number of Topliss-reactive ketones (excluding diaryl/α,β-unsaturated/α-hetero) is 1. The van der Waals surface area contributed by atoms with E-state index in [2.05, 4.69) is 25.1 Å². The van der Waals surface area contributed by atoms with Crippen LogP contribution in [0.15, 0.2) is 35.9 Å². The molecule has 0 atom stereocenters. The maximum absolute atomic E-state index is 12.4. The average Bonchev–Trinajstić information content (AvgIpc) is 2.68. The van der Waals surface area contributed by atoms with Crippen LogP contribution in [0, 0.1) is 0 Å². The Labute approximate surface area is 110 Å². The van der Waals surface area contributed by atoms with Crippen LogP contribution in [0.25, 0.3) is 0 Å². The lowest BCUT2D eigenvalue weighted by molar-refractivity contribution is 0.103. The van der Waals surface area contributed by atoms with Crippen LogP contribution in [0.1, 0.15) is 61.4 Å². The van der Waals surface area contributed by atoms with E-state index in [1.807, 2.05) is 12.1 Å². The summed E-state index contributed by atoms with van der Waals surface area (Å²) >= 11 is 0. The number of allylic oxidation sites excluding steroid dienone is 2. The molecule has 1 aromatic rings. The molecule has 2 rings (SSSR count). The second-order valence-electron chi connectivity index (χ2n) is 5.10. The third kappa shape index (κ3) is 3.32. The lowest BCUT2D eigenvalue weighted by Gasteiger charge is -2.06. The summed E-state index contributed by atoms with van der Waals surface area (Å²) in [7, 11) is 0. The summed E-state index contributed by atoms with van der Waals surface area (Å²) in [6.45, 7) is 2.18. The standard InChI is InChI=1S/C17H22O/c1-2-7-14-10-12-16(13-11-14)17(18)15-8-5-3-4-6-9-15/h8,10-13H,2-7,9H2,1H3. The number of carbonyl (C=O) groups is 1. The van der Waals surface area contributed by atoms with Gasteiger partial charge in [0.05, 0.1) is 0 Å². The lowest BCUT2D eigenvalue weighted by atomic mass is 9.98. The minimum Gasteiger partial charge on any atom is -0.289 e. The van der Waals surface area contributed by atoms with Crippen molar-refractivity contribution in [3.05, 3.63) is 47.0 Å². The first-order valence-corrected chi connectivity index (χ1v) is 7.14. The van der Waals surface area contributed by atoms with Gasteiger partial charge in [-0.2, -0.15) is 0 Å². The molecule has 0 heterocycles. The maximum atomic E-state index is 12.4. The third-order valence-corrected chi connectivity index (χ3v) is 3.59. The van der Waals surface area contributed by atoms with E-state index in [-0.39, 0.29) is 5.78 Å². The van der Waals surface area contributed by atoms with Crippen LogP contribution in [0.5, 0.6) is 0 Å². The number of carbonyl (C=O) groups excluding carboxylic acids is 1. The molecule has 0 aliphatic heterocycles. The zero-order valence-electron chi connectivity index (χ0n) is 11.2. The van der Waals surface area contributed by atoms with Crippen LogP contribution < -0.4 is 0 Å². The van der Waals surface area contributed by atoms with Gasteiger partial charge in [-0.3, -0.25) is 4.79 Å². The lowest BCUT2D eigenvalue weighted by Crippen LogP contribution is -2.03. The summed E-state index contributed by atoms with van der Waals surface area (Å²) in [5.74, 6) is 0.236. The molecule has 1 aliphatic carbocycles. The summed E-state index contributed by atoms with van der Waals surface area (Å²) in [6, 6.07) is 8.15. The molecule has 0 fully saturated rings. The van der Waals surface area contributed by atoms with Crippen molar-refractivity contribution in [3.63, 3.8) is 0 Å². The molecule has 0 amide bonds. The van der Waals surface area contributed by atoms with E-state index in [0.29, 0.717) is 0 Å². The van der Waals surface area contributed by atoms with E-state index >= 15 is 0 Å². The fraction of sp³-hybridized carbons (Fsp3) is 0.471. The van der Waals surface area contributed by atoms with Gasteiger partial charge in [0.25, 0.3) is 0 Å². The normalized spacial score (nSPS) is 15.9. The summed E-state index contributed by atoms with van der Waals surface area (Å²) in [6.07, 6.45) is 10.1. The van der Waals surface area contributed by atoms with Crippen molar-refractivity contribution >= 4 is 5.78 Å². The summed E-state index contributed by atoms with van der Waals surface area (Å²) in [4.78, 5) is 12.4. The number of hydrogen-bond acceptors (Lipinski definition) is 1. The molecule has 0 N–H and O–H groups in total. The minimum absolute atomic E-state index is 0.236. The molecule has 0 saturated heterocycles. The Morgan fingerprint density at radius 1 is 1.11 bits per heavy atom. The monoisotopic (exact) mass is 242 g/mol. The Morgan fingerprint density at radius 2 is 1.89 bits per heavy atom. The van der Waals surface area contributed by atoms with Crippen molar-refractivity contribution < 1.29 is 4.79 Å². The van der Waals surface area contributed by atoms with E-state index in [0.717, 1.165) is 43.2 Å². The van der Waals surface area contributed by atoms with E-state index in [1.54, 1.807) is 0 Å². The topological polar surface area (TPSA) is 17.1 Å². The first-order valence-electron chi connectivity index (χ1n) is 7.14. The number of benzene rings is 1. The van der Waals surface area contributed by atoms with Crippen molar-refractivity contribution in [2.75, 3.05) is 0 Å². The van der Waals surface area contributed by atoms with Crippen LogP contribution >= 0.6 is 0 Å². The van der Waals surface area contributed by atoms with Gasteiger partial charge in [0.15, 0.2) is 5.78 Å². The third-order valence-electron chi connectivity index (χ3n) is 3.59. The fourth-order valence-electron chi connectivity index (χ4n) is 2.52. The van der Waals surface area contributed by atoms with Crippen LogP contribution in [0.3, 0.4) is 0 Å². The molecule has 0 saturated carbocycles. The van der Waals surface area contributed by atoms with E-state index in [9.17, 15) is 4.79 Å². The number of rotatable bonds is 4. The molecular weight excluding hydrogens is 220 g/mol. The van der Waals surface area contributed by atoms with Crippen molar-refractivity contribution in [1.82, 2.24) is 0 Å². The summed E-state index contributed by atoms with van der Waals surface area (Å²) in [5.41, 5.74) is 3.20. The SMILES string of the molecule is CCCc1ccc(C(=O)C2=CCCCCC2)cc1. The smallest absolute Gasteiger partial charge is 0.188 e. The first-order chi connectivity index (χ1) is 8.81. The molecule has 1 aromatic carbocycles. The Hall–Kier alpha value is -1.37. The molecule has 1 aliphatic rings. The van der Waals surface area contributed by atoms with E-state index in [4.69, 9.17) is 0 Å². The minimum atomic E-state index is 0.236. The van der Waals surface area contributed by atoms with E-state index < -0.39 is 0 Å². The van der Waals surface area contributed by atoms with Gasteiger partial charge >= 0.3 is 0 Å². The Bertz CT molecular complexity index is 425. The largest absolute Gasteiger partial charge is 0.289 e. The molecule has 1 heteroatoms. The van der Waals surface area contributed by atoms with Crippen molar-refractivity contribution in [3.8, 4) is 0 Å². The summed E-state index contributed by atoms with van der Waals surface area (Å²) < 4.78 is 0. The molecule has 1 nitrogen and oxygen atoms in total. The molecule has 18 heavy (non-hydrogen) atoms. The van der Waals surface area contributed by atoms with Crippen LogP contribution in [-0.2, 0) is 6.42 Å². The molecular formula is C17H22O. The predicted octanol–water partition coefficient (Wildman–Crippen LogP) is 4.71. The second kappa shape index (κ2) is 6.53. The number of aryl methyl sites for hydroxylation is 1. The Balaban J connectivity index is 2.10. The fourth-order valence-corrected chi connectivity index (χ4v) is 2.52. The van der Waals surface area contributed by atoms with Crippen molar-refractivity contribution in [2.45, 2.75) is 51.9 Å². The highest BCUT2D eigenvalue weighted by molar-refractivity contribution is 6.08. The molecule has 0 radical (unpaired) electrons. The quantitative estimate of drug-likeness (QED) is 0.699. The van der Waals surface area contributed by atoms with Gasteiger partial charge in [0.2, 0.25) is 0 Å². The molecule has 0 bridgehead atoms. The highest BCUT2D eigenvalue weighted by Gasteiger charge is 2.13. The van der Waals surface area contributed by atoms with Gasteiger partial charge < -0.3 is 0 Å². The average molecular weight is 242 g/mol. The van der Waals surface area contributed by atoms with Gasteiger partial charge in [-0.15, -0.1) is 0 Å². The van der Waals surface area contributed by atoms with Gasteiger partial charge in [0, 0.05) is 5.56 Å². The van der Waals surface area contributed by atoms with E-state index in [1.165, 1.54) is 18.4 Å². The zero-order chi connectivity index (χ0) is 12.8. The van der Waals surface area contributed by atoms with Crippen LogP contribution in [0.2, 0.25) is 0 Å². The van der Waals surface area contributed by atoms with Crippen LogP contribution in [-0.4, -0.2) is 5.78 Å². The number of ketones is 1. The van der Waals surface area contributed by atoms with Crippen molar-refractivity contribution in [1.29, 1.82) is 0 Å². The first kappa shape index (κ1) is 13.1. The Morgan fingerprint density at radius 3 is 2.61 bits per heavy atom. The molecule has 96 valence electrons. The maximum Gasteiger partial charge on any atom is 0.188 e. The van der Waals surface area contributed by atoms with Crippen molar-refractivity contribution in [2.24, 2.45) is 0 Å². The van der Waals surface area contributed by atoms with Gasteiger partial charge in [-0.05, 0) is 43.2 Å². The number of hydrogen-bond donors (Lipinski definition) is 0. The van der Waals surface area contributed by atoms with Gasteiger partial charge in [0.1, 0.15) is 0 Å². The van der Waals surface area contributed by atoms with Gasteiger partial charge in [-0.25, -0.2) is 0 Å². The highest BCUT2D eigenvalue weighted by Crippen LogP contribution is 2.21. The molecule has 0 unspecified atom stereocenters. The zero-order valence-corrected chi connectivity index (χ0v) is 11.2. The molecule has 0 spiro atoms. The molecule has 0 aromatic heterocycles.